The summed E-state index contributed by atoms with van der Waals surface area (Å²) >= 11 is 6.38. The molecule has 2 aromatic carbocycles. The first kappa shape index (κ1) is 24.2. The number of sulfonamides is 1. The highest BCUT2D eigenvalue weighted by molar-refractivity contribution is 7.92. The maximum absolute atomic E-state index is 13.1. The minimum Gasteiger partial charge on any atom is -0.495 e. The number of anilines is 1. The number of alkyl halides is 3. The number of pyridine rings is 1. The fourth-order valence-electron chi connectivity index (χ4n) is 4.18. The molecule has 1 N–H and O–H groups in total. The SMILES string of the molecule is COc1cc([C@@H]2C[C@H]2C(F)(F)F)c(Cl)cc1-n1c(=O)ccc2cc(S(=O)(=O)Nc3ccon3)ccc21. The number of aromatic nitrogens is 2. The summed E-state index contributed by atoms with van der Waals surface area (Å²) in [7, 11) is -2.67. The van der Waals surface area contributed by atoms with Crippen molar-refractivity contribution in [1.82, 2.24) is 9.72 Å². The second kappa shape index (κ2) is 8.56. The van der Waals surface area contributed by atoms with Gasteiger partial charge in [-0.15, -0.1) is 0 Å². The second-order valence-corrected chi connectivity index (χ2v) is 10.3. The number of fused-ring (bicyclic) bond motifs is 1. The van der Waals surface area contributed by atoms with Crippen LogP contribution in [0.1, 0.15) is 17.9 Å². The molecule has 0 amide bonds. The lowest BCUT2D eigenvalue weighted by atomic mass is 10.1. The van der Waals surface area contributed by atoms with Crippen LogP contribution in [0, 0.1) is 5.92 Å². The van der Waals surface area contributed by atoms with Crippen molar-refractivity contribution in [3.8, 4) is 11.4 Å². The van der Waals surface area contributed by atoms with Gasteiger partial charge >= 0.3 is 6.18 Å². The van der Waals surface area contributed by atoms with Crippen molar-refractivity contribution < 1.29 is 30.8 Å². The summed E-state index contributed by atoms with van der Waals surface area (Å²) in [5, 5.41) is 4.00. The van der Waals surface area contributed by atoms with Crippen LogP contribution in [0.2, 0.25) is 5.02 Å². The summed E-state index contributed by atoms with van der Waals surface area (Å²) in [5.41, 5.74) is 0.368. The maximum atomic E-state index is 13.1. The molecular formula is C23H17ClF3N3O5S. The van der Waals surface area contributed by atoms with Crippen LogP contribution in [-0.2, 0) is 10.0 Å². The van der Waals surface area contributed by atoms with Crippen molar-refractivity contribution in [1.29, 1.82) is 0 Å². The van der Waals surface area contributed by atoms with E-state index in [1.165, 1.54) is 66.5 Å². The fourth-order valence-corrected chi connectivity index (χ4v) is 5.51. The van der Waals surface area contributed by atoms with Gasteiger partial charge in [-0.2, -0.15) is 13.2 Å². The van der Waals surface area contributed by atoms with E-state index in [9.17, 15) is 26.4 Å². The number of nitrogens with zero attached hydrogens (tertiary/aromatic N) is 2. The zero-order valence-corrected chi connectivity index (χ0v) is 20.0. The van der Waals surface area contributed by atoms with Gasteiger partial charge in [0.05, 0.1) is 29.1 Å². The molecule has 0 radical (unpaired) electrons. The molecule has 0 saturated heterocycles. The Morgan fingerprint density at radius 1 is 1.17 bits per heavy atom. The van der Waals surface area contributed by atoms with Crippen LogP contribution in [0.25, 0.3) is 16.6 Å². The third-order valence-corrected chi connectivity index (χ3v) is 7.68. The standard InChI is InChI=1S/C23H17ClF3N3O5S/c1-34-20-10-15(14-9-16(14)23(25,26)27)17(24)11-19(20)30-18-4-3-13(8-12(18)2-5-22(30)31)36(32,33)29-21-6-7-35-28-21/h2-8,10-11,14,16H,9H2,1H3,(H,28,29)/t14-,16+/m0/s1. The zero-order chi connectivity index (χ0) is 25.8. The van der Waals surface area contributed by atoms with Crippen LogP contribution >= 0.6 is 11.6 Å². The largest absolute Gasteiger partial charge is 0.495 e. The molecule has 0 aliphatic heterocycles. The normalized spacial score (nSPS) is 17.8. The van der Waals surface area contributed by atoms with E-state index in [1.807, 2.05) is 0 Å². The number of benzene rings is 2. The van der Waals surface area contributed by atoms with E-state index in [2.05, 4.69) is 14.4 Å². The topological polar surface area (TPSA) is 103 Å². The molecule has 1 fully saturated rings. The molecule has 8 nitrogen and oxygen atoms in total. The summed E-state index contributed by atoms with van der Waals surface area (Å²) in [4.78, 5) is 12.8. The lowest BCUT2D eigenvalue weighted by molar-refractivity contribution is -0.148. The molecule has 1 aliphatic carbocycles. The van der Waals surface area contributed by atoms with Crippen molar-refractivity contribution in [3.63, 3.8) is 0 Å². The van der Waals surface area contributed by atoms with Gasteiger partial charge in [0, 0.05) is 22.5 Å². The Hall–Kier alpha value is -3.51. The van der Waals surface area contributed by atoms with E-state index >= 15 is 0 Å². The first-order valence-electron chi connectivity index (χ1n) is 10.5. The lowest BCUT2D eigenvalue weighted by Crippen LogP contribution is -2.19. The van der Waals surface area contributed by atoms with Gasteiger partial charge in [-0.1, -0.05) is 16.8 Å². The molecule has 0 spiro atoms. The lowest BCUT2D eigenvalue weighted by Gasteiger charge is -2.17. The van der Waals surface area contributed by atoms with E-state index < -0.39 is 33.6 Å². The number of hydrogen-bond donors (Lipinski definition) is 1. The third kappa shape index (κ3) is 4.30. The second-order valence-electron chi connectivity index (χ2n) is 8.25. The predicted octanol–water partition coefficient (Wildman–Crippen LogP) is 5.11. The van der Waals surface area contributed by atoms with Crippen LogP contribution in [0.15, 0.2) is 69.0 Å². The Labute approximate surface area is 207 Å². The van der Waals surface area contributed by atoms with Crippen molar-refractivity contribution >= 4 is 38.3 Å². The molecule has 5 rings (SSSR count). The molecular weight excluding hydrogens is 523 g/mol. The fraction of sp³-hybridized carbons (Fsp3) is 0.217. The van der Waals surface area contributed by atoms with E-state index in [0.717, 1.165) is 0 Å². The summed E-state index contributed by atoms with van der Waals surface area (Å²) in [6.07, 6.45) is -3.18. The molecule has 0 unspecified atom stereocenters. The van der Waals surface area contributed by atoms with Crippen LogP contribution in [0.3, 0.4) is 0 Å². The highest BCUT2D eigenvalue weighted by Crippen LogP contribution is 2.58. The zero-order valence-electron chi connectivity index (χ0n) is 18.4. The Kier molecular flexibility index (Phi) is 5.75. The predicted molar refractivity (Wildman–Crippen MR) is 125 cm³/mol. The van der Waals surface area contributed by atoms with E-state index in [-0.39, 0.29) is 33.6 Å². The number of ether oxygens (including phenoxy) is 1. The van der Waals surface area contributed by atoms with E-state index in [0.29, 0.717) is 16.5 Å². The van der Waals surface area contributed by atoms with Gasteiger partial charge in [-0.05, 0) is 54.3 Å². The molecule has 13 heteroatoms. The minimum atomic E-state index is -4.33. The molecule has 4 aromatic rings. The van der Waals surface area contributed by atoms with Gasteiger partial charge in [-0.25, -0.2) is 8.42 Å². The number of halogens is 4. The average molecular weight is 540 g/mol. The van der Waals surface area contributed by atoms with E-state index in [1.54, 1.807) is 0 Å². The molecule has 0 bridgehead atoms. The van der Waals surface area contributed by atoms with Gasteiger partial charge in [0.1, 0.15) is 12.0 Å². The third-order valence-electron chi connectivity index (χ3n) is 6.00. The Balaban J connectivity index is 1.59. The minimum absolute atomic E-state index is 0.00274. The van der Waals surface area contributed by atoms with Crippen LogP contribution in [-0.4, -0.2) is 31.4 Å². The van der Waals surface area contributed by atoms with Gasteiger partial charge in [-0.3, -0.25) is 14.1 Å². The van der Waals surface area contributed by atoms with Gasteiger partial charge in [0.2, 0.25) is 0 Å². The molecule has 2 aromatic heterocycles. The number of nitrogens with one attached hydrogen (secondary N) is 1. The highest BCUT2D eigenvalue weighted by atomic mass is 35.5. The van der Waals surface area contributed by atoms with Crippen LogP contribution in [0.4, 0.5) is 19.0 Å². The highest BCUT2D eigenvalue weighted by Gasteiger charge is 2.56. The number of hydrogen-bond acceptors (Lipinski definition) is 6. The van der Waals surface area contributed by atoms with Gasteiger partial charge in [0.25, 0.3) is 15.6 Å². The molecule has 36 heavy (non-hydrogen) atoms. The first-order valence-corrected chi connectivity index (χ1v) is 12.4. The number of methoxy groups -OCH3 is 1. The maximum Gasteiger partial charge on any atom is 0.392 e. The molecule has 2 heterocycles. The molecule has 1 saturated carbocycles. The summed E-state index contributed by atoms with van der Waals surface area (Å²) in [6.45, 7) is 0. The van der Waals surface area contributed by atoms with Crippen molar-refractivity contribution in [3.05, 3.63) is 75.7 Å². The summed E-state index contributed by atoms with van der Waals surface area (Å²) < 4.78 is 78.4. The first-order chi connectivity index (χ1) is 17.0. The Bertz CT molecular complexity index is 1640. The van der Waals surface area contributed by atoms with Crippen LogP contribution in [0.5, 0.6) is 5.75 Å². The van der Waals surface area contributed by atoms with Crippen molar-refractivity contribution in [2.45, 2.75) is 23.4 Å². The Morgan fingerprint density at radius 3 is 2.58 bits per heavy atom. The average Bonchev–Trinajstić information content (AvgIpc) is 3.48. The molecule has 188 valence electrons. The molecule has 2 atom stereocenters. The van der Waals surface area contributed by atoms with E-state index in [4.69, 9.17) is 16.3 Å². The van der Waals surface area contributed by atoms with Crippen molar-refractivity contribution in [2.75, 3.05) is 11.8 Å². The van der Waals surface area contributed by atoms with Gasteiger partial charge < -0.3 is 9.26 Å². The van der Waals surface area contributed by atoms with Crippen molar-refractivity contribution in [2.24, 2.45) is 5.92 Å². The monoisotopic (exact) mass is 539 g/mol. The smallest absolute Gasteiger partial charge is 0.392 e. The Morgan fingerprint density at radius 2 is 1.94 bits per heavy atom. The van der Waals surface area contributed by atoms with Crippen LogP contribution < -0.4 is 15.0 Å². The summed E-state index contributed by atoms with van der Waals surface area (Å²) in [6, 6.07) is 11.0. The molecule has 1 aliphatic rings. The summed E-state index contributed by atoms with van der Waals surface area (Å²) in [5.74, 6) is -2.10. The van der Waals surface area contributed by atoms with Gasteiger partial charge in [0.15, 0.2) is 5.82 Å². The quantitative estimate of drug-likeness (QED) is 0.365. The number of rotatable bonds is 6.